The van der Waals surface area contributed by atoms with Gasteiger partial charge in [-0.05, 0) is 63.0 Å². The fraction of sp³-hybridized carbons (Fsp3) is 0.680. The largest absolute Gasteiger partial charge is 0.466 e. The summed E-state index contributed by atoms with van der Waals surface area (Å²) in [5.41, 5.74) is 6.43. The predicted octanol–water partition coefficient (Wildman–Crippen LogP) is 3.36. The van der Waals surface area contributed by atoms with Gasteiger partial charge in [0, 0.05) is 31.6 Å². The Morgan fingerprint density at radius 3 is 2.81 bits per heavy atom. The number of piperidine rings is 1. The average molecular weight is 446 g/mol. The molecule has 32 heavy (non-hydrogen) atoms. The number of rotatable bonds is 7. The van der Waals surface area contributed by atoms with E-state index in [2.05, 4.69) is 10.9 Å². The summed E-state index contributed by atoms with van der Waals surface area (Å²) in [6.45, 7) is 2.98. The molecule has 0 aromatic heterocycles. The minimum absolute atomic E-state index is 0.0768. The molecular formula is C25H36FN3O3. The Bertz CT molecular complexity index is 819. The van der Waals surface area contributed by atoms with Crippen molar-refractivity contribution in [3.63, 3.8) is 0 Å². The van der Waals surface area contributed by atoms with Gasteiger partial charge in [0.05, 0.1) is 12.0 Å². The second-order valence-corrected chi connectivity index (χ2v) is 9.68. The molecule has 7 heteroatoms. The number of ether oxygens (including phenoxy) is 1. The van der Waals surface area contributed by atoms with E-state index in [-0.39, 0.29) is 30.7 Å². The molecule has 1 saturated carbocycles. The molecule has 6 nitrogen and oxygen atoms in total. The summed E-state index contributed by atoms with van der Waals surface area (Å²) < 4.78 is 19.8. The average Bonchev–Trinajstić information content (AvgIpc) is 3.22. The maximum absolute atomic E-state index is 14.4. The quantitative estimate of drug-likeness (QED) is 0.630. The van der Waals surface area contributed by atoms with Crippen LogP contribution in [0.15, 0.2) is 24.3 Å². The Labute approximate surface area is 190 Å². The molecule has 0 bridgehead atoms. The summed E-state index contributed by atoms with van der Waals surface area (Å²) in [6, 6.07) is 7.41. The Hall–Kier alpha value is -1.99. The minimum Gasteiger partial charge on any atom is -0.466 e. The van der Waals surface area contributed by atoms with Gasteiger partial charge in [-0.2, -0.15) is 0 Å². The van der Waals surface area contributed by atoms with Crippen molar-refractivity contribution < 1.29 is 18.7 Å². The van der Waals surface area contributed by atoms with Gasteiger partial charge in [-0.1, -0.05) is 31.0 Å². The standard InChI is InChI=1S/C25H36FN3O3/c1-2-32-24(31)25(16-18-8-3-5-10-20(18)26)14-7-15-29(17-25)23(30)13-12-22-19-9-4-6-11-21(19)27-28-22/h3,5,8,10,19,21-22,27-28H,2,4,6-7,9,11-17H2,1H3. The molecule has 2 aliphatic heterocycles. The van der Waals surface area contributed by atoms with Gasteiger partial charge in [-0.15, -0.1) is 0 Å². The molecule has 4 rings (SSSR count). The molecule has 2 N–H and O–H groups in total. The van der Waals surface area contributed by atoms with E-state index in [0.717, 1.165) is 6.42 Å². The first-order chi connectivity index (χ1) is 15.5. The summed E-state index contributed by atoms with van der Waals surface area (Å²) in [5.74, 6) is 0.0273. The van der Waals surface area contributed by atoms with Crippen LogP contribution in [-0.4, -0.2) is 48.6 Å². The third-order valence-electron chi connectivity index (χ3n) is 7.58. The van der Waals surface area contributed by atoms with Crippen LogP contribution in [0.2, 0.25) is 0 Å². The first-order valence-corrected chi connectivity index (χ1v) is 12.2. The minimum atomic E-state index is -0.895. The number of esters is 1. The van der Waals surface area contributed by atoms with E-state index in [0.29, 0.717) is 55.9 Å². The molecule has 1 aliphatic carbocycles. The highest BCUT2D eigenvalue weighted by molar-refractivity contribution is 5.81. The second kappa shape index (κ2) is 10.3. The number of carbonyl (C=O) groups excluding carboxylic acids is 2. The summed E-state index contributed by atoms with van der Waals surface area (Å²) in [5, 5.41) is 0. The lowest BCUT2D eigenvalue weighted by Gasteiger charge is -2.41. The van der Waals surface area contributed by atoms with Crippen molar-refractivity contribution in [3.8, 4) is 0 Å². The van der Waals surface area contributed by atoms with Gasteiger partial charge in [0.15, 0.2) is 0 Å². The number of halogens is 1. The van der Waals surface area contributed by atoms with Crippen LogP contribution in [0.1, 0.15) is 63.9 Å². The summed E-state index contributed by atoms with van der Waals surface area (Å²) in [7, 11) is 0. The Balaban J connectivity index is 1.42. The van der Waals surface area contributed by atoms with Crippen LogP contribution in [0.3, 0.4) is 0 Å². The number of hydrazine groups is 1. The third kappa shape index (κ3) is 4.99. The molecule has 2 heterocycles. The number of fused-ring (bicyclic) bond motifs is 1. The van der Waals surface area contributed by atoms with Gasteiger partial charge < -0.3 is 9.64 Å². The SMILES string of the molecule is CCOC(=O)C1(Cc2ccccc2F)CCCN(C(=O)CCC2NNC3CCCCC32)C1. The van der Waals surface area contributed by atoms with Crippen molar-refractivity contribution in [2.45, 2.75) is 76.8 Å². The van der Waals surface area contributed by atoms with E-state index < -0.39 is 5.41 Å². The zero-order valence-corrected chi connectivity index (χ0v) is 19.1. The van der Waals surface area contributed by atoms with E-state index >= 15 is 0 Å². The normalized spacial score (nSPS) is 30.1. The monoisotopic (exact) mass is 445 g/mol. The molecule has 1 aromatic carbocycles. The summed E-state index contributed by atoms with van der Waals surface area (Å²) in [4.78, 5) is 28.0. The van der Waals surface area contributed by atoms with Crippen LogP contribution in [-0.2, 0) is 20.7 Å². The molecule has 1 amide bonds. The highest BCUT2D eigenvalue weighted by atomic mass is 19.1. The van der Waals surface area contributed by atoms with Crippen LogP contribution in [0.4, 0.5) is 4.39 Å². The fourth-order valence-electron chi connectivity index (χ4n) is 5.88. The first kappa shape index (κ1) is 23.2. The van der Waals surface area contributed by atoms with Crippen molar-refractivity contribution in [1.29, 1.82) is 0 Å². The lowest BCUT2D eigenvalue weighted by molar-refractivity contribution is -0.160. The molecule has 3 aliphatic rings. The number of benzene rings is 1. The third-order valence-corrected chi connectivity index (χ3v) is 7.58. The van der Waals surface area contributed by atoms with Crippen molar-refractivity contribution in [1.82, 2.24) is 15.8 Å². The molecule has 2 saturated heterocycles. The van der Waals surface area contributed by atoms with Gasteiger partial charge in [0.25, 0.3) is 0 Å². The molecule has 176 valence electrons. The lowest BCUT2D eigenvalue weighted by Crippen LogP contribution is -2.52. The van der Waals surface area contributed by atoms with Gasteiger partial charge in [0.2, 0.25) is 5.91 Å². The zero-order valence-electron chi connectivity index (χ0n) is 19.1. The van der Waals surface area contributed by atoms with Crippen LogP contribution < -0.4 is 10.9 Å². The Morgan fingerprint density at radius 2 is 2.00 bits per heavy atom. The number of nitrogens with one attached hydrogen (secondary N) is 2. The van der Waals surface area contributed by atoms with Crippen molar-refractivity contribution in [3.05, 3.63) is 35.6 Å². The summed E-state index contributed by atoms with van der Waals surface area (Å²) >= 11 is 0. The van der Waals surface area contributed by atoms with Crippen molar-refractivity contribution in [2.24, 2.45) is 11.3 Å². The maximum Gasteiger partial charge on any atom is 0.314 e. The van der Waals surface area contributed by atoms with E-state index in [1.165, 1.54) is 31.7 Å². The first-order valence-electron chi connectivity index (χ1n) is 12.2. The zero-order chi connectivity index (χ0) is 22.6. The number of hydrogen-bond donors (Lipinski definition) is 2. The van der Waals surface area contributed by atoms with Gasteiger partial charge in [0.1, 0.15) is 5.82 Å². The number of hydrogen-bond acceptors (Lipinski definition) is 5. The van der Waals surface area contributed by atoms with E-state index in [4.69, 9.17) is 4.74 Å². The highest BCUT2D eigenvalue weighted by Crippen LogP contribution is 2.37. The predicted molar refractivity (Wildman–Crippen MR) is 120 cm³/mol. The van der Waals surface area contributed by atoms with E-state index in [1.807, 2.05) is 4.90 Å². The van der Waals surface area contributed by atoms with Crippen LogP contribution in [0.5, 0.6) is 0 Å². The van der Waals surface area contributed by atoms with Gasteiger partial charge >= 0.3 is 5.97 Å². The second-order valence-electron chi connectivity index (χ2n) is 9.68. The van der Waals surface area contributed by atoms with Gasteiger partial charge in [-0.25, -0.2) is 4.39 Å². The number of amides is 1. The number of nitrogens with zero attached hydrogens (tertiary/aromatic N) is 1. The Kier molecular flexibility index (Phi) is 7.46. The Morgan fingerprint density at radius 1 is 1.19 bits per heavy atom. The molecule has 1 aromatic rings. The lowest BCUT2D eigenvalue weighted by atomic mass is 9.74. The van der Waals surface area contributed by atoms with Crippen molar-refractivity contribution >= 4 is 11.9 Å². The number of likely N-dealkylation sites (tertiary alicyclic amines) is 1. The molecular weight excluding hydrogens is 409 g/mol. The van der Waals surface area contributed by atoms with E-state index in [1.54, 1.807) is 25.1 Å². The topological polar surface area (TPSA) is 70.7 Å². The molecule has 4 unspecified atom stereocenters. The molecule has 0 spiro atoms. The fourth-order valence-corrected chi connectivity index (χ4v) is 5.88. The molecule has 3 fully saturated rings. The van der Waals surface area contributed by atoms with Crippen LogP contribution >= 0.6 is 0 Å². The smallest absolute Gasteiger partial charge is 0.314 e. The number of carbonyl (C=O) groups is 2. The van der Waals surface area contributed by atoms with E-state index in [9.17, 15) is 14.0 Å². The molecule has 0 radical (unpaired) electrons. The maximum atomic E-state index is 14.4. The van der Waals surface area contributed by atoms with Crippen molar-refractivity contribution in [2.75, 3.05) is 19.7 Å². The van der Waals surface area contributed by atoms with Gasteiger partial charge in [-0.3, -0.25) is 20.4 Å². The van der Waals surface area contributed by atoms with Crippen LogP contribution in [0, 0.1) is 17.2 Å². The van der Waals surface area contributed by atoms with Crippen LogP contribution in [0.25, 0.3) is 0 Å². The molecule has 4 atom stereocenters. The summed E-state index contributed by atoms with van der Waals surface area (Å²) in [6.07, 6.45) is 7.76. The highest BCUT2D eigenvalue weighted by Gasteiger charge is 2.45.